The molecule has 118 valence electrons. The molecular formula is C17H25BrFNO. The van der Waals surface area contributed by atoms with Gasteiger partial charge in [-0.2, -0.15) is 0 Å². The van der Waals surface area contributed by atoms with Gasteiger partial charge in [0, 0.05) is 23.0 Å². The summed E-state index contributed by atoms with van der Waals surface area (Å²) in [4.78, 5) is 11.7. The van der Waals surface area contributed by atoms with Gasteiger partial charge in [-0.25, -0.2) is 4.39 Å². The Labute approximate surface area is 135 Å². The van der Waals surface area contributed by atoms with Crippen molar-refractivity contribution in [3.8, 4) is 0 Å². The minimum atomic E-state index is -0.283. The lowest BCUT2D eigenvalue weighted by molar-refractivity contribution is -0.121. The molecule has 21 heavy (non-hydrogen) atoms. The summed E-state index contributed by atoms with van der Waals surface area (Å²) in [7, 11) is 0. The van der Waals surface area contributed by atoms with Gasteiger partial charge in [-0.15, -0.1) is 0 Å². The molecule has 2 nitrogen and oxygen atoms in total. The van der Waals surface area contributed by atoms with Crippen LogP contribution < -0.4 is 5.32 Å². The van der Waals surface area contributed by atoms with E-state index in [9.17, 15) is 9.18 Å². The van der Waals surface area contributed by atoms with Crippen LogP contribution in [0.4, 0.5) is 4.39 Å². The van der Waals surface area contributed by atoms with E-state index in [1.165, 1.54) is 38.2 Å². The van der Waals surface area contributed by atoms with Crippen LogP contribution in [-0.2, 0) is 11.3 Å². The van der Waals surface area contributed by atoms with Crippen LogP contribution in [0.15, 0.2) is 22.7 Å². The normalized spacial score (nSPS) is 10.6. The molecule has 0 bridgehead atoms. The highest BCUT2D eigenvalue weighted by Crippen LogP contribution is 2.15. The highest BCUT2D eigenvalue weighted by atomic mass is 79.9. The van der Waals surface area contributed by atoms with E-state index in [0.717, 1.165) is 17.3 Å². The first-order valence-corrected chi connectivity index (χ1v) is 8.63. The Morgan fingerprint density at radius 2 is 1.81 bits per heavy atom. The van der Waals surface area contributed by atoms with Crippen molar-refractivity contribution in [3.63, 3.8) is 0 Å². The van der Waals surface area contributed by atoms with E-state index in [0.29, 0.717) is 12.0 Å². The van der Waals surface area contributed by atoms with E-state index < -0.39 is 0 Å². The monoisotopic (exact) mass is 357 g/mol. The third kappa shape index (κ3) is 8.20. The Morgan fingerprint density at radius 1 is 1.14 bits per heavy atom. The number of unbranched alkanes of at least 4 members (excludes halogenated alkanes) is 6. The lowest BCUT2D eigenvalue weighted by Gasteiger charge is -2.07. The van der Waals surface area contributed by atoms with Gasteiger partial charge in [0.2, 0.25) is 5.91 Å². The van der Waals surface area contributed by atoms with Gasteiger partial charge in [0.1, 0.15) is 5.82 Å². The predicted molar refractivity (Wildman–Crippen MR) is 88.6 cm³/mol. The number of amides is 1. The quantitative estimate of drug-likeness (QED) is 0.562. The molecule has 0 aromatic heterocycles. The summed E-state index contributed by atoms with van der Waals surface area (Å²) in [5.74, 6) is -0.280. The second kappa shape index (κ2) is 10.8. The van der Waals surface area contributed by atoms with Gasteiger partial charge in [-0.1, -0.05) is 61.4 Å². The molecule has 1 rings (SSSR count). The number of carbonyl (C=O) groups excluding carboxylic acids is 1. The Kier molecular flexibility index (Phi) is 9.31. The van der Waals surface area contributed by atoms with Crippen LogP contribution in [0, 0.1) is 5.82 Å². The summed E-state index contributed by atoms with van der Waals surface area (Å²) in [5.41, 5.74) is 0.511. The van der Waals surface area contributed by atoms with Gasteiger partial charge in [0.15, 0.2) is 0 Å². The lowest BCUT2D eigenvalue weighted by atomic mass is 10.1. The number of benzene rings is 1. The minimum absolute atomic E-state index is 0.00272. The molecule has 0 aliphatic heterocycles. The van der Waals surface area contributed by atoms with Crippen molar-refractivity contribution in [1.82, 2.24) is 5.32 Å². The summed E-state index contributed by atoms with van der Waals surface area (Å²) >= 11 is 3.30. The molecule has 0 radical (unpaired) electrons. The molecule has 0 atom stereocenters. The largest absolute Gasteiger partial charge is 0.352 e. The van der Waals surface area contributed by atoms with Crippen LogP contribution in [0.3, 0.4) is 0 Å². The maximum Gasteiger partial charge on any atom is 0.220 e. The Balaban J connectivity index is 2.12. The highest BCUT2D eigenvalue weighted by Gasteiger charge is 2.05. The molecule has 4 heteroatoms. The van der Waals surface area contributed by atoms with Crippen LogP contribution >= 0.6 is 15.9 Å². The zero-order valence-electron chi connectivity index (χ0n) is 12.8. The topological polar surface area (TPSA) is 29.1 Å². The van der Waals surface area contributed by atoms with Crippen molar-refractivity contribution in [1.29, 1.82) is 0 Å². The van der Waals surface area contributed by atoms with Gasteiger partial charge in [-0.3, -0.25) is 4.79 Å². The number of hydrogen-bond acceptors (Lipinski definition) is 1. The van der Waals surface area contributed by atoms with Crippen molar-refractivity contribution >= 4 is 21.8 Å². The lowest BCUT2D eigenvalue weighted by Crippen LogP contribution is -2.22. The fourth-order valence-electron chi connectivity index (χ4n) is 2.20. The predicted octanol–water partition coefficient (Wildman–Crippen LogP) is 5.35. The molecule has 1 aromatic carbocycles. The van der Waals surface area contributed by atoms with Crippen molar-refractivity contribution in [2.45, 2.75) is 64.8 Å². The van der Waals surface area contributed by atoms with Crippen LogP contribution in [0.25, 0.3) is 0 Å². The molecule has 0 heterocycles. The fraction of sp³-hybridized carbons (Fsp3) is 0.588. The zero-order chi connectivity index (χ0) is 15.5. The number of carbonyl (C=O) groups is 1. The minimum Gasteiger partial charge on any atom is -0.352 e. The first kappa shape index (κ1) is 18.1. The highest BCUT2D eigenvalue weighted by molar-refractivity contribution is 9.10. The van der Waals surface area contributed by atoms with Crippen LogP contribution in [0.2, 0.25) is 0 Å². The third-order valence-electron chi connectivity index (χ3n) is 3.49. The summed E-state index contributed by atoms with van der Waals surface area (Å²) in [6, 6.07) is 4.75. The van der Waals surface area contributed by atoms with E-state index >= 15 is 0 Å². The summed E-state index contributed by atoms with van der Waals surface area (Å²) < 4.78 is 14.3. The van der Waals surface area contributed by atoms with Gasteiger partial charge >= 0.3 is 0 Å². The maximum absolute atomic E-state index is 13.5. The molecule has 0 aliphatic carbocycles. The van der Waals surface area contributed by atoms with E-state index in [4.69, 9.17) is 0 Å². The second-order valence-corrected chi connectivity index (χ2v) is 6.30. The van der Waals surface area contributed by atoms with E-state index in [1.54, 1.807) is 12.1 Å². The van der Waals surface area contributed by atoms with Crippen LogP contribution in [0.1, 0.15) is 63.9 Å². The molecule has 0 spiro atoms. The fourth-order valence-corrected chi connectivity index (χ4v) is 2.61. The molecule has 0 saturated heterocycles. The average Bonchev–Trinajstić information content (AvgIpc) is 2.47. The first-order chi connectivity index (χ1) is 10.1. The molecule has 0 saturated carbocycles. The molecule has 1 aromatic rings. The molecule has 1 amide bonds. The first-order valence-electron chi connectivity index (χ1n) is 7.84. The van der Waals surface area contributed by atoms with Gasteiger partial charge in [0.25, 0.3) is 0 Å². The SMILES string of the molecule is CCCCCCCCCC(=O)NCc1cc(Br)ccc1F. The second-order valence-electron chi connectivity index (χ2n) is 5.38. The Bertz CT molecular complexity index is 437. The van der Waals surface area contributed by atoms with Gasteiger partial charge in [-0.05, 0) is 24.6 Å². The molecule has 0 aliphatic rings. The van der Waals surface area contributed by atoms with E-state index in [2.05, 4.69) is 28.2 Å². The van der Waals surface area contributed by atoms with Crippen LogP contribution in [0.5, 0.6) is 0 Å². The average molecular weight is 358 g/mol. The number of rotatable bonds is 10. The van der Waals surface area contributed by atoms with Gasteiger partial charge in [0.05, 0.1) is 0 Å². The summed E-state index contributed by atoms with van der Waals surface area (Å²) in [5, 5.41) is 2.78. The van der Waals surface area contributed by atoms with E-state index in [1.807, 2.05) is 0 Å². The zero-order valence-corrected chi connectivity index (χ0v) is 14.3. The van der Waals surface area contributed by atoms with Crippen molar-refractivity contribution < 1.29 is 9.18 Å². The van der Waals surface area contributed by atoms with Crippen molar-refractivity contribution in [2.75, 3.05) is 0 Å². The number of halogens is 2. The van der Waals surface area contributed by atoms with Crippen molar-refractivity contribution in [3.05, 3.63) is 34.1 Å². The Morgan fingerprint density at radius 3 is 2.52 bits per heavy atom. The molecule has 1 N–H and O–H groups in total. The molecular weight excluding hydrogens is 333 g/mol. The summed E-state index contributed by atoms with van der Waals surface area (Å²) in [6.45, 7) is 2.46. The smallest absolute Gasteiger partial charge is 0.220 e. The van der Waals surface area contributed by atoms with Gasteiger partial charge < -0.3 is 5.32 Å². The standard InChI is InChI=1S/C17H25BrFNO/c1-2-3-4-5-6-7-8-9-17(21)20-13-14-12-15(18)10-11-16(14)19/h10-12H,2-9,13H2,1H3,(H,20,21). The van der Waals surface area contributed by atoms with E-state index in [-0.39, 0.29) is 18.3 Å². The molecule has 0 unspecified atom stereocenters. The van der Waals surface area contributed by atoms with Crippen LogP contribution in [-0.4, -0.2) is 5.91 Å². The third-order valence-corrected chi connectivity index (χ3v) is 3.98. The molecule has 0 fully saturated rings. The van der Waals surface area contributed by atoms with Crippen molar-refractivity contribution in [2.24, 2.45) is 0 Å². The number of nitrogens with one attached hydrogen (secondary N) is 1. The number of hydrogen-bond donors (Lipinski definition) is 1. The maximum atomic E-state index is 13.5. The summed E-state index contributed by atoms with van der Waals surface area (Å²) in [6.07, 6.45) is 8.87. The Hall–Kier alpha value is -0.900.